The summed E-state index contributed by atoms with van der Waals surface area (Å²) >= 11 is 0. The predicted octanol–water partition coefficient (Wildman–Crippen LogP) is 4.46. The lowest BCUT2D eigenvalue weighted by Crippen LogP contribution is -2.51. The average molecular weight is 273 g/mol. The SMILES string of the molecule is CC1(C)C(NC2CCCc3occc32)[C@]2(C)CC[C@H]1C2. The monoisotopic (exact) mass is 273 g/mol. The Hall–Kier alpha value is -0.760. The van der Waals surface area contributed by atoms with Crippen molar-refractivity contribution in [2.75, 3.05) is 0 Å². The lowest BCUT2D eigenvalue weighted by Gasteiger charge is -2.45. The van der Waals surface area contributed by atoms with Crippen molar-refractivity contribution in [3.05, 3.63) is 23.7 Å². The van der Waals surface area contributed by atoms with Crippen molar-refractivity contribution in [2.45, 2.75) is 71.4 Å². The van der Waals surface area contributed by atoms with Crippen LogP contribution in [0.15, 0.2) is 16.7 Å². The van der Waals surface area contributed by atoms with E-state index in [2.05, 4.69) is 32.2 Å². The fourth-order valence-corrected chi connectivity index (χ4v) is 5.58. The first kappa shape index (κ1) is 12.9. The highest BCUT2D eigenvalue weighted by Gasteiger charge is 2.59. The zero-order valence-electron chi connectivity index (χ0n) is 13.0. The van der Waals surface area contributed by atoms with Crippen molar-refractivity contribution in [2.24, 2.45) is 16.7 Å². The molecule has 1 aromatic heterocycles. The van der Waals surface area contributed by atoms with Crippen molar-refractivity contribution in [1.82, 2.24) is 5.32 Å². The lowest BCUT2D eigenvalue weighted by molar-refractivity contribution is 0.0953. The van der Waals surface area contributed by atoms with E-state index in [1.807, 2.05) is 6.26 Å². The third-order valence-corrected chi connectivity index (χ3v) is 6.69. The van der Waals surface area contributed by atoms with Crippen LogP contribution in [-0.2, 0) is 6.42 Å². The number of nitrogens with one attached hydrogen (secondary N) is 1. The Bertz CT molecular complexity index is 512. The van der Waals surface area contributed by atoms with Crippen molar-refractivity contribution in [3.63, 3.8) is 0 Å². The molecule has 4 rings (SSSR count). The summed E-state index contributed by atoms with van der Waals surface area (Å²) in [6, 6.07) is 3.35. The van der Waals surface area contributed by atoms with Crippen LogP contribution in [0.2, 0.25) is 0 Å². The number of fused-ring (bicyclic) bond motifs is 3. The second-order valence-corrected chi connectivity index (χ2v) is 8.26. The molecule has 110 valence electrons. The molecule has 0 saturated heterocycles. The summed E-state index contributed by atoms with van der Waals surface area (Å²) in [5.74, 6) is 2.14. The lowest BCUT2D eigenvalue weighted by atomic mass is 9.68. The molecule has 2 unspecified atom stereocenters. The van der Waals surface area contributed by atoms with Gasteiger partial charge in [-0.15, -0.1) is 0 Å². The van der Waals surface area contributed by atoms with Crippen molar-refractivity contribution < 1.29 is 4.42 Å². The summed E-state index contributed by atoms with van der Waals surface area (Å²) in [6.45, 7) is 7.48. The van der Waals surface area contributed by atoms with Gasteiger partial charge < -0.3 is 9.73 Å². The molecule has 20 heavy (non-hydrogen) atoms. The molecule has 0 amide bonds. The van der Waals surface area contributed by atoms with E-state index in [-0.39, 0.29) is 0 Å². The van der Waals surface area contributed by atoms with Crippen molar-refractivity contribution in [3.8, 4) is 0 Å². The van der Waals surface area contributed by atoms with Crippen LogP contribution < -0.4 is 5.32 Å². The van der Waals surface area contributed by atoms with E-state index < -0.39 is 0 Å². The quantitative estimate of drug-likeness (QED) is 0.860. The molecule has 2 heteroatoms. The summed E-state index contributed by atoms with van der Waals surface area (Å²) in [6.07, 6.45) is 9.77. The van der Waals surface area contributed by atoms with Gasteiger partial charge in [0, 0.05) is 24.1 Å². The van der Waals surface area contributed by atoms with Crippen LogP contribution in [0.3, 0.4) is 0 Å². The molecular weight excluding hydrogens is 246 g/mol. The highest BCUT2D eigenvalue weighted by Crippen LogP contribution is 2.62. The maximum Gasteiger partial charge on any atom is 0.108 e. The molecule has 1 heterocycles. The zero-order valence-corrected chi connectivity index (χ0v) is 13.0. The van der Waals surface area contributed by atoms with Gasteiger partial charge in [0.25, 0.3) is 0 Å². The van der Waals surface area contributed by atoms with Gasteiger partial charge in [0.2, 0.25) is 0 Å². The number of hydrogen-bond acceptors (Lipinski definition) is 2. The van der Waals surface area contributed by atoms with E-state index >= 15 is 0 Å². The fraction of sp³-hybridized carbons (Fsp3) is 0.778. The molecule has 1 aromatic rings. The third kappa shape index (κ3) is 1.67. The summed E-state index contributed by atoms with van der Waals surface area (Å²) < 4.78 is 5.65. The van der Waals surface area contributed by atoms with Gasteiger partial charge in [-0.2, -0.15) is 0 Å². The van der Waals surface area contributed by atoms with E-state index in [0.29, 0.717) is 22.9 Å². The highest BCUT2D eigenvalue weighted by molar-refractivity contribution is 5.25. The van der Waals surface area contributed by atoms with Gasteiger partial charge in [0.1, 0.15) is 5.76 Å². The molecule has 0 aliphatic heterocycles. The molecule has 3 aliphatic carbocycles. The van der Waals surface area contributed by atoms with Crippen LogP contribution in [0.5, 0.6) is 0 Å². The number of aryl methyl sites for hydroxylation is 1. The maximum atomic E-state index is 5.65. The minimum Gasteiger partial charge on any atom is -0.469 e. The van der Waals surface area contributed by atoms with Crippen molar-refractivity contribution in [1.29, 1.82) is 0 Å². The van der Waals surface area contributed by atoms with Crippen LogP contribution >= 0.6 is 0 Å². The standard InChI is InChI=1S/C18H27NO/c1-17(2)12-7-9-18(3,11-12)16(17)19-14-5-4-6-15-13(14)8-10-20-15/h8,10,12,14,16,19H,4-7,9,11H2,1-3H3/t12-,14?,16?,18+/m0/s1. The van der Waals surface area contributed by atoms with Crippen LogP contribution in [0.4, 0.5) is 0 Å². The zero-order chi connectivity index (χ0) is 14.0. The minimum absolute atomic E-state index is 0.439. The Kier molecular flexibility index (Phi) is 2.67. The normalized spacial score (nSPS) is 41.9. The highest BCUT2D eigenvalue weighted by atomic mass is 16.3. The summed E-state index contributed by atoms with van der Waals surface area (Å²) in [4.78, 5) is 0. The molecule has 2 saturated carbocycles. The molecule has 3 aliphatic rings. The van der Waals surface area contributed by atoms with Gasteiger partial charge in [0.05, 0.1) is 6.26 Å². The average Bonchev–Trinajstić information content (AvgIpc) is 3.05. The number of hydrogen-bond donors (Lipinski definition) is 1. The Balaban J connectivity index is 1.61. The Morgan fingerprint density at radius 1 is 1.25 bits per heavy atom. The smallest absolute Gasteiger partial charge is 0.108 e. The molecule has 4 atom stereocenters. The molecular formula is C18H27NO. The van der Waals surface area contributed by atoms with Crippen LogP contribution in [0.1, 0.15) is 70.2 Å². The van der Waals surface area contributed by atoms with Gasteiger partial charge in [-0.05, 0) is 54.9 Å². The van der Waals surface area contributed by atoms with Crippen LogP contribution in [-0.4, -0.2) is 6.04 Å². The van der Waals surface area contributed by atoms with Crippen LogP contribution in [0.25, 0.3) is 0 Å². The van der Waals surface area contributed by atoms with Crippen molar-refractivity contribution >= 4 is 0 Å². The van der Waals surface area contributed by atoms with E-state index in [9.17, 15) is 0 Å². The number of rotatable bonds is 2. The Morgan fingerprint density at radius 3 is 2.85 bits per heavy atom. The molecule has 2 fully saturated rings. The molecule has 1 N–H and O–H groups in total. The molecule has 0 radical (unpaired) electrons. The first-order valence-electron chi connectivity index (χ1n) is 8.33. The molecule has 0 aromatic carbocycles. The van der Waals surface area contributed by atoms with E-state index in [1.54, 1.807) is 0 Å². The van der Waals surface area contributed by atoms with Gasteiger partial charge in [-0.25, -0.2) is 0 Å². The molecule has 0 spiro atoms. The topological polar surface area (TPSA) is 25.2 Å². The van der Waals surface area contributed by atoms with Crippen LogP contribution in [0, 0.1) is 16.7 Å². The Labute approximate surface area is 122 Å². The first-order valence-corrected chi connectivity index (χ1v) is 8.33. The second kappa shape index (κ2) is 4.13. The number of furan rings is 1. The second-order valence-electron chi connectivity index (χ2n) is 8.26. The summed E-state index contributed by atoms with van der Waals surface area (Å²) in [5.41, 5.74) is 2.38. The fourth-order valence-electron chi connectivity index (χ4n) is 5.58. The third-order valence-electron chi connectivity index (χ3n) is 6.69. The van der Waals surface area contributed by atoms with Gasteiger partial charge >= 0.3 is 0 Å². The largest absolute Gasteiger partial charge is 0.469 e. The van der Waals surface area contributed by atoms with Gasteiger partial charge in [-0.3, -0.25) is 0 Å². The summed E-state index contributed by atoms with van der Waals surface area (Å²) in [7, 11) is 0. The van der Waals surface area contributed by atoms with E-state index in [1.165, 1.54) is 43.4 Å². The molecule has 2 bridgehead atoms. The van der Waals surface area contributed by atoms with Gasteiger partial charge in [0.15, 0.2) is 0 Å². The first-order chi connectivity index (χ1) is 9.51. The Morgan fingerprint density at radius 2 is 2.10 bits per heavy atom. The summed E-state index contributed by atoms with van der Waals surface area (Å²) in [5, 5.41) is 4.06. The predicted molar refractivity (Wildman–Crippen MR) is 80.5 cm³/mol. The maximum absolute atomic E-state index is 5.65. The van der Waals surface area contributed by atoms with Gasteiger partial charge in [-0.1, -0.05) is 20.8 Å². The van der Waals surface area contributed by atoms with E-state index in [0.717, 1.165) is 12.3 Å². The van der Waals surface area contributed by atoms with E-state index in [4.69, 9.17) is 4.42 Å². The molecule has 2 nitrogen and oxygen atoms in total. The minimum atomic E-state index is 0.439.